The summed E-state index contributed by atoms with van der Waals surface area (Å²) in [4.78, 5) is 13.1. The van der Waals surface area contributed by atoms with Crippen LogP contribution in [-0.4, -0.2) is 42.2 Å². The number of sulfone groups is 1. The number of hydrogen-bond donors (Lipinski definition) is 2. The van der Waals surface area contributed by atoms with Crippen LogP contribution in [0.3, 0.4) is 0 Å². The number of rotatable bonds is 9. The Hall–Kier alpha value is -2.43. The number of carbonyl (C=O) groups excluding carboxylic acids is 1. The molecule has 1 unspecified atom stereocenters. The lowest BCUT2D eigenvalue weighted by Crippen LogP contribution is -2.50. The van der Waals surface area contributed by atoms with Gasteiger partial charge in [-0.3, -0.25) is 4.79 Å². The second-order valence-corrected chi connectivity index (χ2v) is 11.3. The Morgan fingerprint density at radius 1 is 0.871 bits per heavy atom. The monoisotopic (exact) mass is 468 g/mol. The van der Waals surface area contributed by atoms with Crippen molar-refractivity contribution in [3.8, 4) is 5.75 Å². The molecular formula is C21H28N2O6S2. The maximum Gasteiger partial charge on any atom is 0.241 e. The molecule has 8 nitrogen and oxygen atoms in total. The Labute approximate surface area is 184 Å². The highest BCUT2D eigenvalue weighted by atomic mass is 32.2. The second kappa shape index (κ2) is 9.80. The van der Waals surface area contributed by atoms with E-state index in [0.29, 0.717) is 11.3 Å². The van der Waals surface area contributed by atoms with E-state index < -0.39 is 37.9 Å². The molecule has 0 bridgehead atoms. The molecule has 0 aliphatic heterocycles. The summed E-state index contributed by atoms with van der Waals surface area (Å²) < 4.78 is 56.2. The van der Waals surface area contributed by atoms with Crippen LogP contribution in [0.1, 0.15) is 32.4 Å². The van der Waals surface area contributed by atoms with E-state index in [1.807, 2.05) is 0 Å². The van der Waals surface area contributed by atoms with Crippen LogP contribution in [0.15, 0.2) is 58.3 Å². The third-order valence-corrected chi connectivity index (χ3v) is 7.35. The van der Waals surface area contributed by atoms with Gasteiger partial charge in [0, 0.05) is 6.26 Å². The molecule has 0 aliphatic rings. The predicted molar refractivity (Wildman–Crippen MR) is 118 cm³/mol. The molecule has 0 aromatic heterocycles. The molecule has 2 aromatic rings. The first-order chi connectivity index (χ1) is 14.3. The van der Waals surface area contributed by atoms with Gasteiger partial charge in [0.05, 0.1) is 22.9 Å². The van der Waals surface area contributed by atoms with Crippen molar-refractivity contribution in [3.05, 3.63) is 54.1 Å². The smallest absolute Gasteiger partial charge is 0.241 e. The molecule has 0 spiro atoms. The Bertz CT molecular complexity index is 1110. The number of benzene rings is 2. The van der Waals surface area contributed by atoms with E-state index >= 15 is 0 Å². The summed E-state index contributed by atoms with van der Waals surface area (Å²) in [6.45, 7) is 5.22. The van der Waals surface area contributed by atoms with Crippen LogP contribution in [0.5, 0.6) is 5.75 Å². The fraction of sp³-hybridized carbons (Fsp3) is 0.381. The van der Waals surface area contributed by atoms with E-state index in [1.54, 1.807) is 32.9 Å². The third kappa shape index (κ3) is 6.52. The summed E-state index contributed by atoms with van der Waals surface area (Å²) in [7, 11) is -5.76. The van der Waals surface area contributed by atoms with Crippen molar-refractivity contribution < 1.29 is 26.4 Å². The minimum Gasteiger partial charge on any atom is -0.497 e. The SMILES string of the molecule is COc1ccc(S(=O)(=O)N[C@H](C(=O)NC(C)c2ccc(S(C)(=O)=O)cc2)C(C)C)cc1. The predicted octanol–water partition coefficient (Wildman–Crippen LogP) is 2.28. The summed E-state index contributed by atoms with van der Waals surface area (Å²) in [6.07, 6.45) is 1.12. The Kier molecular flexibility index (Phi) is 7.85. The van der Waals surface area contributed by atoms with Gasteiger partial charge in [0.25, 0.3) is 0 Å². The van der Waals surface area contributed by atoms with Gasteiger partial charge in [-0.25, -0.2) is 16.8 Å². The molecule has 1 amide bonds. The van der Waals surface area contributed by atoms with E-state index in [9.17, 15) is 21.6 Å². The van der Waals surface area contributed by atoms with Crippen molar-refractivity contribution in [2.24, 2.45) is 5.92 Å². The van der Waals surface area contributed by atoms with E-state index in [4.69, 9.17) is 4.74 Å². The molecular weight excluding hydrogens is 440 g/mol. The van der Waals surface area contributed by atoms with Crippen LogP contribution in [0, 0.1) is 5.92 Å². The molecule has 2 N–H and O–H groups in total. The van der Waals surface area contributed by atoms with Crippen molar-refractivity contribution >= 4 is 25.8 Å². The first-order valence-corrected chi connectivity index (χ1v) is 13.0. The summed E-state index contributed by atoms with van der Waals surface area (Å²) in [6, 6.07) is 10.6. The maximum absolute atomic E-state index is 12.9. The number of ether oxygens (including phenoxy) is 1. The van der Waals surface area contributed by atoms with Crippen molar-refractivity contribution in [3.63, 3.8) is 0 Å². The summed E-state index contributed by atoms with van der Waals surface area (Å²) in [5.74, 6) is -0.271. The second-order valence-electron chi connectivity index (χ2n) is 7.59. The zero-order valence-electron chi connectivity index (χ0n) is 18.1. The minimum absolute atomic E-state index is 0.0242. The summed E-state index contributed by atoms with van der Waals surface area (Å²) in [5, 5.41) is 2.79. The fourth-order valence-corrected chi connectivity index (χ4v) is 4.85. The molecule has 2 atom stereocenters. The van der Waals surface area contributed by atoms with Crippen LogP contribution in [-0.2, 0) is 24.7 Å². The van der Waals surface area contributed by atoms with E-state index in [1.165, 1.54) is 43.5 Å². The Morgan fingerprint density at radius 3 is 1.84 bits per heavy atom. The fourth-order valence-electron chi connectivity index (χ4n) is 2.87. The van der Waals surface area contributed by atoms with Gasteiger partial charge in [-0.05, 0) is 54.8 Å². The number of hydrogen-bond acceptors (Lipinski definition) is 6. The third-order valence-electron chi connectivity index (χ3n) is 4.77. The molecule has 10 heteroatoms. The lowest BCUT2D eigenvalue weighted by molar-refractivity contribution is -0.124. The van der Waals surface area contributed by atoms with Crippen LogP contribution in [0.25, 0.3) is 0 Å². The number of carbonyl (C=O) groups is 1. The molecule has 2 rings (SSSR count). The maximum atomic E-state index is 12.9. The van der Waals surface area contributed by atoms with Crippen molar-refractivity contribution in [1.29, 1.82) is 0 Å². The van der Waals surface area contributed by atoms with Crippen LogP contribution >= 0.6 is 0 Å². The molecule has 0 aliphatic carbocycles. The van der Waals surface area contributed by atoms with E-state index in [2.05, 4.69) is 10.0 Å². The molecule has 0 heterocycles. The van der Waals surface area contributed by atoms with Gasteiger partial charge >= 0.3 is 0 Å². The van der Waals surface area contributed by atoms with Gasteiger partial charge in [0.2, 0.25) is 15.9 Å². The minimum atomic E-state index is -3.93. The first-order valence-electron chi connectivity index (χ1n) is 9.62. The van der Waals surface area contributed by atoms with Crippen molar-refractivity contribution in [2.45, 2.75) is 42.6 Å². The summed E-state index contributed by atoms with van der Waals surface area (Å²) >= 11 is 0. The highest BCUT2D eigenvalue weighted by Crippen LogP contribution is 2.19. The Morgan fingerprint density at radius 2 is 1.39 bits per heavy atom. The standard InChI is InChI=1S/C21H28N2O6S2/c1-14(2)20(23-31(27,28)19-12-8-17(29-4)9-13-19)21(24)22-15(3)16-6-10-18(11-7-16)30(5,25)26/h6-15,20,23H,1-5H3,(H,22,24)/t15?,20-/m0/s1. The van der Waals surface area contributed by atoms with Gasteiger partial charge in [0.15, 0.2) is 9.84 Å². The van der Waals surface area contributed by atoms with Gasteiger partial charge < -0.3 is 10.1 Å². The van der Waals surface area contributed by atoms with Gasteiger partial charge in [-0.2, -0.15) is 4.72 Å². The van der Waals surface area contributed by atoms with Crippen LogP contribution < -0.4 is 14.8 Å². The summed E-state index contributed by atoms with van der Waals surface area (Å²) in [5.41, 5.74) is 0.696. The highest BCUT2D eigenvalue weighted by Gasteiger charge is 2.29. The zero-order chi connectivity index (χ0) is 23.4. The number of amides is 1. The average Bonchev–Trinajstić information content (AvgIpc) is 2.71. The first kappa shape index (κ1) is 24.8. The molecule has 2 aromatic carbocycles. The van der Waals surface area contributed by atoms with Gasteiger partial charge in [-0.1, -0.05) is 26.0 Å². The lowest BCUT2D eigenvalue weighted by Gasteiger charge is -2.24. The molecule has 0 fully saturated rings. The molecule has 31 heavy (non-hydrogen) atoms. The number of nitrogens with one attached hydrogen (secondary N) is 2. The van der Waals surface area contributed by atoms with Crippen molar-refractivity contribution in [2.75, 3.05) is 13.4 Å². The van der Waals surface area contributed by atoms with E-state index in [-0.39, 0.29) is 15.7 Å². The molecule has 0 saturated heterocycles. The van der Waals surface area contributed by atoms with Gasteiger partial charge in [-0.15, -0.1) is 0 Å². The topological polar surface area (TPSA) is 119 Å². The van der Waals surface area contributed by atoms with Crippen LogP contribution in [0.4, 0.5) is 0 Å². The molecule has 170 valence electrons. The number of methoxy groups -OCH3 is 1. The van der Waals surface area contributed by atoms with Gasteiger partial charge in [0.1, 0.15) is 11.8 Å². The zero-order valence-corrected chi connectivity index (χ0v) is 19.7. The quantitative estimate of drug-likeness (QED) is 0.583. The molecule has 0 radical (unpaired) electrons. The number of sulfonamides is 1. The molecule has 0 saturated carbocycles. The van der Waals surface area contributed by atoms with E-state index in [0.717, 1.165) is 6.26 Å². The highest BCUT2D eigenvalue weighted by molar-refractivity contribution is 7.90. The van der Waals surface area contributed by atoms with Crippen molar-refractivity contribution in [1.82, 2.24) is 10.0 Å². The lowest BCUT2D eigenvalue weighted by atomic mass is 10.0. The normalized spacial score (nSPS) is 14.1. The largest absolute Gasteiger partial charge is 0.497 e. The average molecular weight is 469 g/mol. The van der Waals surface area contributed by atoms with Crippen LogP contribution in [0.2, 0.25) is 0 Å². The Balaban J connectivity index is 2.15.